The second-order valence-corrected chi connectivity index (χ2v) is 10.6. The lowest BCUT2D eigenvalue weighted by Crippen LogP contribution is -2.28. The number of rotatable bonds is 9. The van der Waals surface area contributed by atoms with E-state index >= 15 is 0 Å². The van der Waals surface area contributed by atoms with Gasteiger partial charge >= 0.3 is 0 Å². The maximum Gasteiger partial charge on any atom is 0.267 e. The van der Waals surface area contributed by atoms with Gasteiger partial charge in [-0.1, -0.05) is 97.1 Å². The number of ether oxygens (including phenoxy) is 1. The van der Waals surface area contributed by atoms with Crippen molar-refractivity contribution in [3.8, 4) is 16.9 Å². The van der Waals surface area contributed by atoms with Gasteiger partial charge in [0, 0.05) is 0 Å². The van der Waals surface area contributed by atoms with Crippen molar-refractivity contribution < 1.29 is 13.9 Å². The molecule has 1 aliphatic rings. The normalized spacial score (nSPS) is 15.2. The van der Waals surface area contributed by atoms with Gasteiger partial charge in [0.05, 0.1) is 23.9 Å². The van der Waals surface area contributed by atoms with Crippen LogP contribution in [0.1, 0.15) is 22.5 Å². The minimum absolute atomic E-state index is 0.145. The first kappa shape index (κ1) is 27.1. The Morgan fingerprint density at radius 3 is 2.31 bits per heavy atom. The topological polar surface area (TPSA) is 67.4 Å². The molecule has 5 aromatic rings. The van der Waals surface area contributed by atoms with Gasteiger partial charge in [0.25, 0.3) is 5.91 Å². The molecule has 0 saturated carbocycles. The molecule has 206 valence electrons. The lowest BCUT2D eigenvalue weighted by Gasteiger charge is -2.12. The van der Waals surface area contributed by atoms with E-state index < -0.39 is 0 Å². The molecule has 1 aliphatic heterocycles. The van der Waals surface area contributed by atoms with E-state index in [-0.39, 0.29) is 12.5 Å². The van der Waals surface area contributed by atoms with Crippen molar-refractivity contribution in [3.63, 3.8) is 0 Å². The molecule has 0 aliphatic carbocycles. The van der Waals surface area contributed by atoms with Gasteiger partial charge in [-0.05, 0) is 69.9 Å². The van der Waals surface area contributed by atoms with Gasteiger partial charge in [-0.2, -0.15) is 5.10 Å². The molecule has 0 N–H and O–H groups in total. The van der Waals surface area contributed by atoms with Crippen LogP contribution in [0.4, 0.5) is 0 Å². The van der Waals surface area contributed by atoms with Crippen LogP contribution >= 0.6 is 11.8 Å². The largest absolute Gasteiger partial charge is 0.489 e. The number of benzene rings is 4. The molecule has 7 heteroatoms. The number of thioether (sulfide) groups is 1. The van der Waals surface area contributed by atoms with Crippen molar-refractivity contribution in [2.45, 2.75) is 13.2 Å². The zero-order valence-corrected chi connectivity index (χ0v) is 23.5. The van der Waals surface area contributed by atoms with E-state index in [1.54, 1.807) is 23.4 Å². The summed E-state index contributed by atoms with van der Waals surface area (Å²) in [5.41, 5.74) is 5.13. The van der Waals surface area contributed by atoms with Crippen molar-refractivity contribution in [2.24, 2.45) is 10.2 Å². The molecule has 2 heterocycles. The van der Waals surface area contributed by atoms with Crippen molar-refractivity contribution >= 4 is 35.1 Å². The summed E-state index contributed by atoms with van der Waals surface area (Å²) in [6.45, 7) is 0.745. The molecule has 1 fully saturated rings. The highest BCUT2D eigenvalue weighted by Gasteiger charge is 2.34. The smallest absolute Gasteiger partial charge is 0.267 e. The molecule has 0 atom stereocenters. The van der Waals surface area contributed by atoms with E-state index in [0.29, 0.717) is 22.4 Å². The Balaban J connectivity index is 1.19. The highest BCUT2D eigenvalue weighted by atomic mass is 32.2. The Bertz CT molecular complexity index is 1730. The standard InChI is InChI=1S/C35H27N3O3S/c39-34-33(22-26-16-18-30(19-17-26)29-12-5-2-6-13-29)42-35(38(34)24-32-15-8-20-40-32)37-36-23-28-11-7-14-31(21-28)41-25-27-9-3-1-4-10-27/h1-23H,24-25H2/b33-22-,36-23+,37-35+. The van der Waals surface area contributed by atoms with Crippen molar-refractivity contribution in [1.82, 2.24) is 4.90 Å². The average Bonchev–Trinajstić information content (AvgIpc) is 3.66. The van der Waals surface area contributed by atoms with Crippen molar-refractivity contribution in [3.05, 3.63) is 155 Å². The molecule has 0 radical (unpaired) electrons. The highest BCUT2D eigenvalue weighted by molar-refractivity contribution is 8.18. The SMILES string of the molecule is O=C1/C(=C/c2ccc(-c3ccccc3)cc2)S/C(=N/N=C/c2cccc(OCc3ccccc3)c2)N1Cc1ccco1. The van der Waals surface area contributed by atoms with Crippen LogP contribution in [0.3, 0.4) is 0 Å². The molecule has 0 unspecified atom stereocenters. The lowest BCUT2D eigenvalue weighted by atomic mass is 10.0. The Morgan fingerprint density at radius 2 is 1.55 bits per heavy atom. The number of furan rings is 1. The lowest BCUT2D eigenvalue weighted by molar-refractivity contribution is -0.122. The first-order valence-corrected chi connectivity index (χ1v) is 14.3. The number of hydrogen-bond acceptors (Lipinski definition) is 6. The van der Waals surface area contributed by atoms with Gasteiger partial charge in [-0.25, -0.2) is 0 Å². The molecule has 42 heavy (non-hydrogen) atoms. The summed E-state index contributed by atoms with van der Waals surface area (Å²) >= 11 is 1.30. The minimum atomic E-state index is -0.145. The van der Waals surface area contributed by atoms with Gasteiger partial charge in [-0.15, -0.1) is 5.10 Å². The molecule has 6 rings (SSSR count). The zero-order valence-electron chi connectivity index (χ0n) is 22.7. The summed E-state index contributed by atoms with van der Waals surface area (Å²) in [5.74, 6) is 1.26. The third-order valence-corrected chi connectivity index (χ3v) is 7.55. The molecule has 0 spiro atoms. The van der Waals surface area contributed by atoms with Crippen LogP contribution in [0.5, 0.6) is 5.75 Å². The summed E-state index contributed by atoms with van der Waals surface area (Å²) in [6.07, 6.45) is 5.13. The molecule has 1 amide bonds. The number of carbonyl (C=O) groups is 1. The number of amides is 1. The van der Waals surface area contributed by atoms with Crippen LogP contribution in [0.15, 0.2) is 147 Å². The Morgan fingerprint density at radius 1 is 0.786 bits per heavy atom. The molecule has 1 aromatic heterocycles. The van der Waals surface area contributed by atoms with Crippen LogP contribution in [-0.4, -0.2) is 22.2 Å². The Kier molecular flexibility index (Phi) is 8.38. The fourth-order valence-electron chi connectivity index (χ4n) is 4.40. The van der Waals surface area contributed by atoms with Crippen molar-refractivity contribution in [2.75, 3.05) is 0 Å². The van der Waals surface area contributed by atoms with Crippen LogP contribution in [0.25, 0.3) is 17.2 Å². The Hall–Kier alpha value is -5.14. The summed E-state index contributed by atoms with van der Waals surface area (Å²) in [7, 11) is 0. The third-order valence-electron chi connectivity index (χ3n) is 6.55. The number of amidine groups is 1. The zero-order chi connectivity index (χ0) is 28.6. The van der Waals surface area contributed by atoms with E-state index in [2.05, 4.69) is 34.5 Å². The molecule has 6 nitrogen and oxygen atoms in total. The molecule has 4 aromatic carbocycles. The minimum Gasteiger partial charge on any atom is -0.489 e. The monoisotopic (exact) mass is 569 g/mol. The maximum absolute atomic E-state index is 13.4. The maximum atomic E-state index is 13.4. The summed E-state index contributed by atoms with van der Waals surface area (Å²) in [6, 6.07) is 39.7. The molecular weight excluding hydrogens is 542 g/mol. The van der Waals surface area contributed by atoms with Gasteiger partial charge in [-0.3, -0.25) is 9.69 Å². The molecule has 1 saturated heterocycles. The predicted octanol–water partition coefficient (Wildman–Crippen LogP) is 8.03. The Labute approximate surface area is 248 Å². The van der Waals surface area contributed by atoms with Gasteiger partial charge in [0.15, 0.2) is 5.17 Å². The fourth-order valence-corrected chi connectivity index (χ4v) is 5.34. The quantitative estimate of drug-likeness (QED) is 0.102. The summed E-state index contributed by atoms with van der Waals surface area (Å²) in [5, 5.41) is 9.23. The summed E-state index contributed by atoms with van der Waals surface area (Å²) in [4.78, 5) is 15.6. The van der Waals surface area contributed by atoms with Gasteiger partial charge in [0.2, 0.25) is 0 Å². The van der Waals surface area contributed by atoms with Crippen LogP contribution in [0, 0.1) is 0 Å². The van der Waals surface area contributed by atoms with Gasteiger partial charge < -0.3 is 9.15 Å². The van der Waals surface area contributed by atoms with E-state index in [9.17, 15) is 4.79 Å². The van der Waals surface area contributed by atoms with Crippen LogP contribution in [0.2, 0.25) is 0 Å². The second kappa shape index (κ2) is 13.0. The fraction of sp³-hybridized carbons (Fsp3) is 0.0571. The van der Waals surface area contributed by atoms with E-state index in [0.717, 1.165) is 33.6 Å². The molecular formula is C35H27N3O3S. The number of hydrogen-bond donors (Lipinski definition) is 0. The first-order valence-electron chi connectivity index (χ1n) is 13.5. The van der Waals surface area contributed by atoms with E-state index in [1.807, 2.05) is 97.1 Å². The second-order valence-electron chi connectivity index (χ2n) is 9.54. The van der Waals surface area contributed by atoms with Crippen LogP contribution < -0.4 is 4.74 Å². The molecule has 0 bridgehead atoms. The van der Waals surface area contributed by atoms with Gasteiger partial charge in [0.1, 0.15) is 18.1 Å². The van der Waals surface area contributed by atoms with E-state index in [4.69, 9.17) is 9.15 Å². The van der Waals surface area contributed by atoms with Crippen LogP contribution in [-0.2, 0) is 17.9 Å². The predicted molar refractivity (Wildman–Crippen MR) is 169 cm³/mol. The first-order chi connectivity index (χ1) is 20.7. The third kappa shape index (κ3) is 6.77. The van der Waals surface area contributed by atoms with Crippen molar-refractivity contribution in [1.29, 1.82) is 0 Å². The number of nitrogens with zero attached hydrogens (tertiary/aromatic N) is 3. The summed E-state index contributed by atoms with van der Waals surface area (Å²) < 4.78 is 11.4. The average molecular weight is 570 g/mol. The highest BCUT2D eigenvalue weighted by Crippen LogP contribution is 2.34. The number of carbonyl (C=O) groups excluding carboxylic acids is 1. The van der Waals surface area contributed by atoms with E-state index in [1.165, 1.54) is 11.8 Å².